The van der Waals surface area contributed by atoms with E-state index in [0.717, 1.165) is 0 Å². The molecule has 82 valence electrons. The van der Waals surface area contributed by atoms with E-state index in [9.17, 15) is 13.6 Å². The lowest BCUT2D eigenvalue weighted by atomic mass is 10.00. The molecule has 1 N–H and O–H groups in total. The van der Waals surface area contributed by atoms with E-state index in [1.165, 1.54) is 4.57 Å². The van der Waals surface area contributed by atoms with Crippen molar-refractivity contribution >= 4 is 5.97 Å². The molecule has 0 saturated heterocycles. The Balaban J connectivity index is 2.30. The number of carboxylic acids is 1. The Morgan fingerprint density at radius 3 is 2.87 bits per heavy atom. The van der Waals surface area contributed by atoms with Crippen LogP contribution < -0.4 is 0 Å². The van der Waals surface area contributed by atoms with Crippen LogP contribution in [0.15, 0.2) is 0 Å². The third-order valence-corrected chi connectivity index (χ3v) is 2.52. The van der Waals surface area contributed by atoms with Crippen molar-refractivity contribution in [3.05, 3.63) is 11.6 Å². The van der Waals surface area contributed by atoms with Gasteiger partial charge in [-0.15, -0.1) is 10.2 Å². The number of aryl methyl sites for hydroxylation is 1. The van der Waals surface area contributed by atoms with Crippen LogP contribution in [0.25, 0.3) is 0 Å². The largest absolute Gasteiger partial charge is 0.481 e. The molecule has 2 rings (SSSR count). The minimum Gasteiger partial charge on any atom is -0.481 e. The van der Waals surface area contributed by atoms with E-state index in [0.29, 0.717) is 18.7 Å². The molecule has 0 saturated carbocycles. The quantitative estimate of drug-likeness (QED) is 0.797. The number of alkyl halides is 2. The third kappa shape index (κ3) is 1.69. The van der Waals surface area contributed by atoms with Crippen LogP contribution in [-0.2, 0) is 17.8 Å². The molecule has 1 aliphatic rings. The van der Waals surface area contributed by atoms with Gasteiger partial charge in [0, 0.05) is 13.0 Å². The summed E-state index contributed by atoms with van der Waals surface area (Å²) in [5, 5.41) is 15.8. The number of carbonyl (C=O) groups is 1. The Hall–Kier alpha value is -1.53. The normalized spacial score (nSPS) is 20.3. The summed E-state index contributed by atoms with van der Waals surface area (Å²) >= 11 is 0. The second-order valence-corrected chi connectivity index (χ2v) is 3.46. The molecule has 0 spiro atoms. The minimum atomic E-state index is -2.71. The summed E-state index contributed by atoms with van der Waals surface area (Å²) < 4.78 is 26.1. The number of aliphatic carboxylic acids is 1. The maximum absolute atomic E-state index is 12.4. The van der Waals surface area contributed by atoms with Gasteiger partial charge in [-0.2, -0.15) is 0 Å². The first-order valence-corrected chi connectivity index (χ1v) is 4.52. The second-order valence-electron chi connectivity index (χ2n) is 3.46. The Bertz CT molecular complexity index is 391. The molecule has 1 aliphatic heterocycles. The van der Waals surface area contributed by atoms with Crippen molar-refractivity contribution in [2.75, 3.05) is 0 Å². The van der Waals surface area contributed by atoms with Gasteiger partial charge >= 0.3 is 5.97 Å². The number of nitrogens with zero attached hydrogens (tertiary/aromatic N) is 3. The smallest absolute Gasteiger partial charge is 0.308 e. The van der Waals surface area contributed by atoms with Crippen molar-refractivity contribution in [1.29, 1.82) is 0 Å². The molecule has 0 aliphatic carbocycles. The van der Waals surface area contributed by atoms with E-state index in [-0.39, 0.29) is 6.54 Å². The van der Waals surface area contributed by atoms with Crippen LogP contribution >= 0.6 is 0 Å². The van der Waals surface area contributed by atoms with Gasteiger partial charge in [-0.25, -0.2) is 8.78 Å². The maximum atomic E-state index is 12.4. The number of halogens is 2. The molecule has 1 aromatic rings. The Morgan fingerprint density at radius 2 is 2.27 bits per heavy atom. The first-order valence-electron chi connectivity index (χ1n) is 4.52. The molecule has 1 atom stereocenters. The van der Waals surface area contributed by atoms with Crippen LogP contribution in [-0.4, -0.2) is 25.8 Å². The number of rotatable bonds is 2. The lowest BCUT2D eigenvalue weighted by Crippen LogP contribution is -2.27. The van der Waals surface area contributed by atoms with Crippen LogP contribution in [0.1, 0.15) is 24.5 Å². The van der Waals surface area contributed by atoms with E-state index in [2.05, 4.69) is 10.2 Å². The molecule has 0 fully saturated rings. The maximum Gasteiger partial charge on any atom is 0.308 e. The van der Waals surface area contributed by atoms with Gasteiger partial charge in [0.05, 0.1) is 5.92 Å². The minimum absolute atomic E-state index is 0.0390. The monoisotopic (exact) mass is 217 g/mol. The summed E-state index contributed by atoms with van der Waals surface area (Å²) in [7, 11) is 0. The standard InChI is InChI=1S/C8H9F2N3O2/c9-6(10)7-12-11-5-2-1-4(8(14)15)3-13(5)7/h4,6H,1-3H2,(H,14,15)/t4-/m1/s1. The SMILES string of the molecule is O=C(O)[C@@H]1CCc2nnc(C(F)F)n2C1. The first-order chi connectivity index (χ1) is 7.09. The Kier molecular flexibility index (Phi) is 2.37. The van der Waals surface area contributed by atoms with Crippen molar-refractivity contribution in [3.63, 3.8) is 0 Å². The number of aromatic nitrogens is 3. The fourth-order valence-corrected chi connectivity index (χ4v) is 1.71. The Labute approximate surface area is 83.7 Å². The van der Waals surface area contributed by atoms with Crippen molar-refractivity contribution < 1.29 is 18.7 Å². The average Bonchev–Trinajstić information content (AvgIpc) is 2.59. The third-order valence-electron chi connectivity index (χ3n) is 2.52. The summed E-state index contributed by atoms with van der Waals surface area (Å²) in [5.41, 5.74) is 0. The van der Waals surface area contributed by atoms with Crippen molar-refractivity contribution in [2.45, 2.75) is 25.8 Å². The summed E-state index contributed by atoms with van der Waals surface area (Å²) in [6.07, 6.45) is -1.90. The van der Waals surface area contributed by atoms with Crippen LogP contribution in [0.3, 0.4) is 0 Å². The molecular weight excluding hydrogens is 208 g/mol. The van der Waals surface area contributed by atoms with Crippen LogP contribution in [0, 0.1) is 5.92 Å². The van der Waals surface area contributed by atoms with Crippen LogP contribution in [0.4, 0.5) is 8.78 Å². The molecule has 0 aromatic carbocycles. The first kappa shape index (κ1) is 10.0. The zero-order valence-electron chi connectivity index (χ0n) is 7.73. The molecule has 1 aromatic heterocycles. The van der Waals surface area contributed by atoms with E-state index in [4.69, 9.17) is 5.11 Å². The number of fused-ring (bicyclic) bond motifs is 1. The van der Waals surface area contributed by atoms with E-state index >= 15 is 0 Å². The summed E-state index contributed by atoms with van der Waals surface area (Å²) in [5.74, 6) is -1.57. The molecule has 0 unspecified atom stereocenters. The molecular formula is C8H9F2N3O2. The molecule has 7 heteroatoms. The van der Waals surface area contributed by atoms with E-state index < -0.39 is 24.1 Å². The summed E-state index contributed by atoms with van der Waals surface area (Å²) in [4.78, 5) is 10.7. The molecule has 2 heterocycles. The second kappa shape index (κ2) is 3.56. The van der Waals surface area contributed by atoms with Crippen molar-refractivity contribution in [2.24, 2.45) is 5.92 Å². The van der Waals surface area contributed by atoms with Gasteiger partial charge in [0.1, 0.15) is 5.82 Å². The molecule has 0 amide bonds. The summed E-state index contributed by atoms with van der Waals surface area (Å²) in [6.45, 7) is 0.0390. The number of hydrogen-bond donors (Lipinski definition) is 1. The van der Waals surface area contributed by atoms with Gasteiger partial charge in [0.25, 0.3) is 6.43 Å². The highest BCUT2D eigenvalue weighted by Crippen LogP contribution is 2.24. The van der Waals surface area contributed by atoms with Gasteiger partial charge < -0.3 is 9.67 Å². The summed E-state index contributed by atoms with van der Waals surface area (Å²) in [6, 6.07) is 0. The van der Waals surface area contributed by atoms with Gasteiger partial charge in [0.2, 0.25) is 0 Å². The zero-order valence-corrected chi connectivity index (χ0v) is 7.73. The van der Waals surface area contributed by atoms with Crippen molar-refractivity contribution in [3.8, 4) is 0 Å². The topological polar surface area (TPSA) is 68.0 Å². The van der Waals surface area contributed by atoms with Gasteiger partial charge in [-0.05, 0) is 6.42 Å². The highest BCUT2D eigenvalue weighted by molar-refractivity contribution is 5.70. The molecule has 0 radical (unpaired) electrons. The van der Waals surface area contributed by atoms with Gasteiger partial charge in [-0.3, -0.25) is 4.79 Å². The molecule has 0 bridgehead atoms. The lowest BCUT2D eigenvalue weighted by Gasteiger charge is -2.20. The number of carboxylic acid groups (broad SMARTS) is 1. The van der Waals surface area contributed by atoms with Crippen LogP contribution in [0.2, 0.25) is 0 Å². The van der Waals surface area contributed by atoms with Gasteiger partial charge in [0.15, 0.2) is 5.82 Å². The fourth-order valence-electron chi connectivity index (χ4n) is 1.71. The lowest BCUT2D eigenvalue weighted by molar-refractivity contribution is -0.142. The van der Waals surface area contributed by atoms with E-state index in [1.807, 2.05) is 0 Å². The Morgan fingerprint density at radius 1 is 1.53 bits per heavy atom. The zero-order chi connectivity index (χ0) is 11.0. The number of hydrogen-bond acceptors (Lipinski definition) is 3. The predicted molar refractivity (Wildman–Crippen MR) is 44.4 cm³/mol. The van der Waals surface area contributed by atoms with Crippen LogP contribution in [0.5, 0.6) is 0 Å². The molecule has 5 nitrogen and oxygen atoms in total. The molecule has 15 heavy (non-hydrogen) atoms. The van der Waals surface area contributed by atoms with E-state index in [1.54, 1.807) is 0 Å². The fraction of sp³-hybridized carbons (Fsp3) is 0.625. The average molecular weight is 217 g/mol. The highest BCUT2D eigenvalue weighted by atomic mass is 19.3. The van der Waals surface area contributed by atoms with Crippen molar-refractivity contribution in [1.82, 2.24) is 14.8 Å². The highest BCUT2D eigenvalue weighted by Gasteiger charge is 2.29. The van der Waals surface area contributed by atoms with Gasteiger partial charge in [-0.1, -0.05) is 0 Å². The predicted octanol–water partition coefficient (Wildman–Crippen LogP) is 0.863.